The fourth-order valence-corrected chi connectivity index (χ4v) is 3.87. The van der Waals surface area contributed by atoms with E-state index in [1.54, 1.807) is 25.1 Å². The van der Waals surface area contributed by atoms with Gasteiger partial charge in [0.15, 0.2) is 0 Å². The van der Waals surface area contributed by atoms with Gasteiger partial charge in [-0.1, -0.05) is 36.7 Å². The first-order chi connectivity index (χ1) is 11.5. The fourth-order valence-electron chi connectivity index (χ4n) is 2.52. The third-order valence-corrected chi connectivity index (χ3v) is 5.95. The van der Waals surface area contributed by atoms with Crippen molar-refractivity contribution in [2.45, 2.75) is 24.0 Å². The molecule has 0 spiro atoms. The number of hydrogen-bond acceptors (Lipinski definition) is 3. The number of amides is 2. The van der Waals surface area contributed by atoms with Crippen LogP contribution in [-0.2, 0) is 9.59 Å². The van der Waals surface area contributed by atoms with Gasteiger partial charge < -0.3 is 10.6 Å². The van der Waals surface area contributed by atoms with Crippen molar-refractivity contribution in [1.29, 1.82) is 0 Å². The molecule has 4 nitrogen and oxygen atoms in total. The summed E-state index contributed by atoms with van der Waals surface area (Å²) < 4.78 is 0. The Morgan fingerprint density at radius 3 is 2.79 bits per heavy atom. The van der Waals surface area contributed by atoms with Gasteiger partial charge in [-0.25, -0.2) is 0 Å². The van der Waals surface area contributed by atoms with Crippen molar-refractivity contribution in [3.8, 4) is 0 Å². The molecule has 2 aromatic rings. The molecule has 2 aromatic carbocycles. The van der Waals surface area contributed by atoms with Gasteiger partial charge in [0.25, 0.3) is 0 Å². The molecule has 2 N–H and O–H groups in total. The van der Waals surface area contributed by atoms with Gasteiger partial charge >= 0.3 is 0 Å². The Kier molecular flexibility index (Phi) is 4.83. The summed E-state index contributed by atoms with van der Waals surface area (Å²) in [6.45, 7) is 3.61. The van der Waals surface area contributed by atoms with E-state index in [0.29, 0.717) is 10.7 Å². The first-order valence-electron chi connectivity index (χ1n) is 7.60. The molecule has 1 aliphatic heterocycles. The van der Waals surface area contributed by atoms with Gasteiger partial charge in [0, 0.05) is 15.6 Å². The predicted molar refractivity (Wildman–Crippen MR) is 98.7 cm³/mol. The lowest BCUT2D eigenvalue weighted by atomic mass is 10.0. The average Bonchev–Trinajstić information content (AvgIpc) is 2.57. The van der Waals surface area contributed by atoms with Crippen molar-refractivity contribution >= 4 is 46.6 Å². The summed E-state index contributed by atoms with van der Waals surface area (Å²) in [4.78, 5) is 25.9. The second-order valence-corrected chi connectivity index (χ2v) is 7.30. The molecule has 0 bridgehead atoms. The maximum atomic E-state index is 12.6. The van der Waals surface area contributed by atoms with Gasteiger partial charge in [0.05, 0.1) is 16.9 Å². The van der Waals surface area contributed by atoms with E-state index in [9.17, 15) is 9.59 Å². The number of fused-ring (bicyclic) bond motifs is 1. The molecule has 24 heavy (non-hydrogen) atoms. The maximum Gasteiger partial charge on any atom is 0.238 e. The number of hydrogen-bond donors (Lipinski definition) is 2. The van der Waals surface area contributed by atoms with Crippen LogP contribution in [-0.4, -0.2) is 17.1 Å². The molecule has 0 saturated heterocycles. The van der Waals surface area contributed by atoms with Crippen molar-refractivity contribution in [2.75, 3.05) is 10.6 Å². The first-order valence-corrected chi connectivity index (χ1v) is 8.85. The zero-order valence-corrected chi connectivity index (χ0v) is 14.9. The van der Waals surface area contributed by atoms with Gasteiger partial charge in [0.2, 0.25) is 11.8 Å². The summed E-state index contributed by atoms with van der Waals surface area (Å²) in [6, 6.07) is 13.0. The molecule has 0 aliphatic carbocycles. The van der Waals surface area contributed by atoms with Crippen molar-refractivity contribution in [2.24, 2.45) is 5.92 Å². The minimum atomic E-state index is -0.485. The van der Waals surface area contributed by atoms with E-state index in [1.807, 2.05) is 31.2 Å². The zero-order valence-electron chi connectivity index (χ0n) is 13.3. The molecule has 0 saturated carbocycles. The van der Waals surface area contributed by atoms with Crippen molar-refractivity contribution < 1.29 is 9.59 Å². The van der Waals surface area contributed by atoms with Crippen molar-refractivity contribution in [1.82, 2.24) is 0 Å². The standard InChI is InChI=1S/C18H17ClN2O2S/c1-10-12(19)6-5-8-13(10)20-17(22)11(2)16-18(23)21-14-7-3-4-9-15(14)24-16/h3-9,11,16H,1-2H3,(H,20,22)(H,21,23). The first kappa shape index (κ1) is 16.9. The lowest BCUT2D eigenvalue weighted by Crippen LogP contribution is -2.39. The van der Waals surface area contributed by atoms with Crippen LogP contribution in [0.3, 0.4) is 0 Å². The Bertz CT molecular complexity index is 809. The highest BCUT2D eigenvalue weighted by Gasteiger charge is 2.35. The van der Waals surface area contributed by atoms with E-state index >= 15 is 0 Å². The van der Waals surface area contributed by atoms with Crippen LogP contribution < -0.4 is 10.6 Å². The summed E-state index contributed by atoms with van der Waals surface area (Å²) in [6.07, 6.45) is 0. The number of thioether (sulfide) groups is 1. The summed E-state index contributed by atoms with van der Waals surface area (Å²) in [5.41, 5.74) is 2.27. The molecule has 2 amide bonds. The maximum absolute atomic E-state index is 12.6. The Labute approximate surface area is 150 Å². The molecule has 2 unspecified atom stereocenters. The SMILES string of the molecule is Cc1c(Cl)cccc1NC(=O)C(C)C1Sc2ccccc2NC1=O. The highest BCUT2D eigenvalue weighted by molar-refractivity contribution is 8.01. The van der Waals surface area contributed by atoms with Gasteiger partial charge in [-0.15, -0.1) is 11.8 Å². The minimum absolute atomic E-state index is 0.149. The smallest absolute Gasteiger partial charge is 0.238 e. The molecule has 0 radical (unpaired) electrons. The highest BCUT2D eigenvalue weighted by Crippen LogP contribution is 2.38. The van der Waals surface area contributed by atoms with Gasteiger partial charge in [0.1, 0.15) is 0 Å². The number of carbonyl (C=O) groups is 2. The highest BCUT2D eigenvalue weighted by atomic mass is 35.5. The largest absolute Gasteiger partial charge is 0.326 e. The molecule has 124 valence electrons. The lowest BCUT2D eigenvalue weighted by Gasteiger charge is -2.27. The molecular weight excluding hydrogens is 344 g/mol. The molecule has 6 heteroatoms. The number of nitrogens with one attached hydrogen (secondary N) is 2. The van der Waals surface area contributed by atoms with Crippen LogP contribution in [0.4, 0.5) is 11.4 Å². The number of halogens is 1. The third kappa shape index (κ3) is 3.28. The molecule has 1 heterocycles. The molecule has 0 aromatic heterocycles. The van der Waals surface area contributed by atoms with Crippen LogP contribution in [0, 0.1) is 12.8 Å². The van der Waals surface area contributed by atoms with Crippen LogP contribution in [0.15, 0.2) is 47.4 Å². The van der Waals surface area contributed by atoms with Crippen LogP contribution in [0.5, 0.6) is 0 Å². The Morgan fingerprint density at radius 1 is 1.25 bits per heavy atom. The summed E-state index contributed by atoms with van der Waals surface area (Å²) in [5, 5.41) is 5.87. The fraction of sp³-hybridized carbons (Fsp3) is 0.222. The number of rotatable bonds is 3. The average molecular weight is 361 g/mol. The van der Waals surface area contributed by atoms with Crippen molar-refractivity contribution in [3.63, 3.8) is 0 Å². The predicted octanol–water partition coefficient (Wildman–Crippen LogP) is 4.34. The number of para-hydroxylation sites is 1. The van der Waals surface area contributed by atoms with E-state index < -0.39 is 11.2 Å². The quantitative estimate of drug-likeness (QED) is 0.856. The van der Waals surface area contributed by atoms with Gasteiger partial charge in [-0.3, -0.25) is 9.59 Å². The molecule has 2 atom stereocenters. The zero-order chi connectivity index (χ0) is 17.3. The van der Waals surface area contributed by atoms with E-state index in [1.165, 1.54) is 11.8 Å². The Balaban J connectivity index is 1.76. The van der Waals surface area contributed by atoms with Crippen LogP contribution in [0.2, 0.25) is 5.02 Å². The lowest BCUT2D eigenvalue weighted by molar-refractivity contribution is -0.123. The summed E-state index contributed by atoms with van der Waals surface area (Å²) >= 11 is 7.51. The monoisotopic (exact) mass is 360 g/mol. The number of carbonyl (C=O) groups excluding carboxylic acids is 2. The Morgan fingerprint density at radius 2 is 2.00 bits per heavy atom. The van der Waals surface area contributed by atoms with E-state index in [2.05, 4.69) is 10.6 Å². The molecular formula is C18H17ClN2O2S. The minimum Gasteiger partial charge on any atom is -0.326 e. The van der Waals surface area contributed by atoms with Crippen LogP contribution >= 0.6 is 23.4 Å². The molecule has 3 rings (SSSR count). The van der Waals surface area contributed by atoms with E-state index in [4.69, 9.17) is 11.6 Å². The topological polar surface area (TPSA) is 58.2 Å². The van der Waals surface area contributed by atoms with Crippen LogP contribution in [0.25, 0.3) is 0 Å². The third-order valence-electron chi connectivity index (χ3n) is 4.05. The number of benzene rings is 2. The number of anilines is 2. The normalized spacial score (nSPS) is 17.6. The van der Waals surface area contributed by atoms with Crippen molar-refractivity contribution in [3.05, 3.63) is 53.1 Å². The second-order valence-electron chi connectivity index (χ2n) is 5.71. The van der Waals surface area contributed by atoms with Gasteiger partial charge in [-0.2, -0.15) is 0 Å². The second kappa shape index (κ2) is 6.87. The summed E-state index contributed by atoms with van der Waals surface area (Å²) in [7, 11) is 0. The Hall–Kier alpha value is -1.98. The molecule has 1 aliphatic rings. The van der Waals surface area contributed by atoms with Crippen LogP contribution in [0.1, 0.15) is 12.5 Å². The summed E-state index contributed by atoms with van der Waals surface area (Å²) in [5.74, 6) is -0.835. The van der Waals surface area contributed by atoms with E-state index in [-0.39, 0.29) is 11.8 Å². The van der Waals surface area contributed by atoms with E-state index in [0.717, 1.165) is 16.1 Å². The van der Waals surface area contributed by atoms with Gasteiger partial charge in [-0.05, 0) is 36.8 Å². The molecule has 0 fully saturated rings.